The third kappa shape index (κ3) is 2.03. The quantitative estimate of drug-likeness (QED) is 0.570. The summed E-state index contributed by atoms with van der Waals surface area (Å²) in [6.45, 7) is 0.422. The summed E-state index contributed by atoms with van der Waals surface area (Å²) in [6, 6.07) is 2.67. The molecule has 0 bridgehead atoms. The van der Waals surface area contributed by atoms with Crippen molar-refractivity contribution in [1.82, 2.24) is 4.98 Å². The van der Waals surface area contributed by atoms with Gasteiger partial charge in [0.05, 0.1) is 6.61 Å². The topological polar surface area (TPSA) is 106 Å². The van der Waals surface area contributed by atoms with E-state index in [-0.39, 0.29) is 17.4 Å². The standard InChI is InChI=1S/C8H11N2O4P/c9-6-3-4-14-8-5(6)1-2-7(10-8)15(11,12)13/h1-2,6H,3-4,9H2,(H2,11,12,13). The molecule has 2 rings (SSSR count). The molecule has 1 aromatic rings. The van der Waals surface area contributed by atoms with Crippen LogP contribution in [0, 0.1) is 0 Å². The van der Waals surface area contributed by atoms with Crippen LogP contribution in [0.1, 0.15) is 18.0 Å². The van der Waals surface area contributed by atoms with Crippen molar-refractivity contribution in [3.63, 3.8) is 0 Å². The van der Waals surface area contributed by atoms with Crippen LogP contribution in [0.3, 0.4) is 0 Å². The summed E-state index contributed by atoms with van der Waals surface area (Å²) < 4.78 is 16.1. The highest BCUT2D eigenvalue weighted by atomic mass is 31.2. The predicted octanol–water partition coefficient (Wildman–Crippen LogP) is -0.333. The molecule has 0 saturated heterocycles. The van der Waals surface area contributed by atoms with Crippen LogP contribution >= 0.6 is 7.60 Å². The molecule has 1 aromatic heterocycles. The highest BCUT2D eigenvalue weighted by molar-refractivity contribution is 7.60. The molecule has 0 aromatic carbocycles. The van der Waals surface area contributed by atoms with Gasteiger partial charge in [-0.25, -0.2) is 4.98 Å². The zero-order valence-electron chi connectivity index (χ0n) is 7.83. The molecule has 0 fully saturated rings. The highest BCUT2D eigenvalue weighted by Gasteiger charge is 2.25. The van der Waals surface area contributed by atoms with Crippen molar-refractivity contribution in [3.05, 3.63) is 17.7 Å². The Kier molecular flexibility index (Phi) is 2.52. The minimum absolute atomic E-state index is 0.174. The van der Waals surface area contributed by atoms with E-state index in [0.29, 0.717) is 18.6 Å². The summed E-state index contributed by atoms with van der Waals surface area (Å²) in [4.78, 5) is 21.6. The Balaban J connectivity index is 2.46. The smallest absolute Gasteiger partial charge is 0.374 e. The van der Waals surface area contributed by atoms with Crippen LogP contribution in [0.25, 0.3) is 0 Å². The minimum Gasteiger partial charge on any atom is -0.477 e. The van der Waals surface area contributed by atoms with E-state index in [9.17, 15) is 4.57 Å². The second kappa shape index (κ2) is 3.57. The Hall–Kier alpha value is -0.940. The number of fused-ring (bicyclic) bond motifs is 1. The lowest BCUT2D eigenvalue weighted by Gasteiger charge is -2.22. The zero-order valence-corrected chi connectivity index (χ0v) is 8.72. The molecule has 15 heavy (non-hydrogen) atoms. The van der Waals surface area contributed by atoms with Crippen molar-refractivity contribution in [2.75, 3.05) is 6.61 Å². The maximum Gasteiger partial charge on any atom is 0.374 e. The number of pyridine rings is 1. The van der Waals surface area contributed by atoms with Gasteiger partial charge in [-0.2, -0.15) is 0 Å². The van der Waals surface area contributed by atoms with Crippen LogP contribution in [0.5, 0.6) is 5.88 Å². The van der Waals surface area contributed by atoms with Crippen LogP contribution in [0.4, 0.5) is 0 Å². The van der Waals surface area contributed by atoms with Gasteiger partial charge in [0.25, 0.3) is 0 Å². The van der Waals surface area contributed by atoms with Crippen molar-refractivity contribution >= 4 is 13.0 Å². The summed E-state index contributed by atoms with van der Waals surface area (Å²) in [5.74, 6) is 0.231. The van der Waals surface area contributed by atoms with Gasteiger partial charge in [-0.1, -0.05) is 0 Å². The SMILES string of the molecule is NC1CCOc2nc(P(=O)(O)O)ccc21. The lowest BCUT2D eigenvalue weighted by molar-refractivity contribution is 0.258. The molecule has 0 aliphatic carbocycles. The number of nitrogens with zero attached hydrogens (tertiary/aromatic N) is 1. The molecular formula is C8H11N2O4P. The monoisotopic (exact) mass is 230 g/mol. The molecule has 0 saturated carbocycles. The van der Waals surface area contributed by atoms with Gasteiger partial charge in [-0.3, -0.25) is 4.57 Å². The van der Waals surface area contributed by atoms with Crippen molar-refractivity contribution < 1.29 is 19.1 Å². The first-order valence-corrected chi connectivity index (χ1v) is 6.05. The summed E-state index contributed by atoms with van der Waals surface area (Å²) in [5, 5.41) is 0. The predicted molar refractivity (Wildman–Crippen MR) is 53.0 cm³/mol. The zero-order chi connectivity index (χ0) is 11.1. The molecule has 0 amide bonds. The number of nitrogens with two attached hydrogens (primary N) is 1. The molecule has 82 valence electrons. The number of ether oxygens (including phenoxy) is 1. The fourth-order valence-electron chi connectivity index (χ4n) is 1.44. The number of rotatable bonds is 1. The van der Waals surface area contributed by atoms with E-state index in [0.717, 1.165) is 0 Å². The van der Waals surface area contributed by atoms with E-state index in [2.05, 4.69) is 4.98 Å². The van der Waals surface area contributed by atoms with E-state index in [4.69, 9.17) is 20.3 Å². The van der Waals surface area contributed by atoms with Gasteiger partial charge >= 0.3 is 7.60 Å². The van der Waals surface area contributed by atoms with Gasteiger partial charge < -0.3 is 20.3 Å². The van der Waals surface area contributed by atoms with Crippen LogP contribution in [0.2, 0.25) is 0 Å². The maximum absolute atomic E-state index is 10.9. The van der Waals surface area contributed by atoms with Crippen molar-refractivity contribution in [3.8, 4) is 5.88 Å². The van der Waals surface area contributed by atoms with E-state index in [1.807, 2.05) is 0 Å². The van der Waals surface area contributed by atoms with Gasteiger partial charge in [-0.05, 0) is 12.1 Å². The van der Waals surface area contributed by atoms with Gasteiger partial charge in [-0.15, -0.1) is 0 Å². The molecule has 7 heteroatoms. The lowest BCUT2D eigenvalue weighted by Crippen LogP contribution is -2.23. The first-order valence-electron chi connectivity index (χ1n) is 4.44. The Bertz CT molecular complexity index is 431. The fraction of sp³-hybridized carbons (Fsp3) is 0.375. The number of aromatic nitrogens is 1. The fourth-order valence-corrected chi connectivity index (χ4v) is 1.93. The van der Waals surface area contributed by atoms with Crippen LogP contribution in [0.15, 0.2) is 12.1 Å². The van der Waals surface area contributed by atoms with Crippen molar-refractivity contribution in [2.24, 2.45) is 5.73 Å². The minimum atomic E-state index is -4.32. The molecule has 6 nitrogen and oxygen atoms in total. The van der Waals surface area contributed by atoms with Crippen molar-refractivity contribution in [2.45, 2.75) is 12.5 Å². The average molecular weight is 230 g/mol. The van der Waals surface area contributed by atoms with Gasteiger partial charge in [0.2, 0.25) is 5.88 Å². The average Bonchev–Trinajstić information content (AvgIpc) is 2.16. The molecule has 1 aliphatic rings. The van der Waals surface area contributed by atoms with Crippen LogP contribution < -0.4 is 15.9 Å². The molecule has 4 N–H and O–H groups in total. The largest absolute Gasteiger partial charge is 0.477 e. The molecule has 0 spiro atoms. The van der Waals surface area contributed by atoms with E-state index in [1.54, 1.807) is 6.07 Å². The summed E-state index contributed by atoms with van der Waals surface area (Å²) in [6.07, 6.45) is 0.684. The van der Waals surface area contributed by atoms with Crippen molar-refractivity contribution in [1.29, 1.82) is 0 Å². The molecule has 0 radical (unpaired) electrons. The second-order valence-corrected chi connectivity index (χ2v) is 4.90. The second-order valence-electron chi connectivity index (χ2n) is 3.35. The third-order valence-corrected chi connectivity index (χ3v) is 3.09. The van der Waals surface area contributed by atoms with E-state index in [1.165, 1.54) is 6.07 Å². The third-order valence-electron chi connectivity index (χ3n) is 2.24. The Labute approximate surface area is 86.2 Å². The summed E-state index contributed by atoms with van der Waals surface area (Å²) >= 11 is 0. The van der Waals surface area contributed by atoms with E-state index >= 15 is 0 Å². The molecule has 1 atom stereocenters. The van der Waals surface area contributed by atoms with Gasteiger partial charge in [0, 0.05) is 18.0 Å². The molecular weight excluding hydrogens is 219 g/mol. The van der Waals surface area contributed by atoms with Gasteiger partial charge in [0.15, 0.2) is 5.44 Å². The number of hydrogen-bond donors (Lipinski definition) is 3. The lowest BCUT2D eigenvalue weighted by atomic mass is 10.1. The Morgan fingerprint density at radius 3 is 2.93 bits per heavy atom. The maximum atomic E-state index is 10.9. The highest BCUT2D eigenvalue weighted by Crippen LogP contribution is 2.35. The summed E-state index contributed by atoms with van der Waals surface area (Å²) in [5.41, 5.74) is 6.20. The Morgan fingerprint density at radius 2 is 2.27 bits per heavy atom. The van der Waals surface area contributed by atoms with Crippen LogP contribution in [-0.2, 0) is 4.57 Å². The van der Waals surface area contributed by atoms with Gasteiger partial charge in [0.1, 0.15) is 0 Å². The molecule has 1 unspecified atom stereocenters. The normalized spacial score (nSPS) is 20.6. The molecule has 2 heterocycles. The Morgan fingerprint density at radius 1 is 1.53 bits per heavy atom. The first kappa shape index (κ1) is 10.6. The van der Waals surface area contributed by atoms with E-state index < -0.39 is 7.60 Å². The molecule has 1 aliphatic heterocycles. The number of hydrogen-bond acceptors (Lipinski definition) is 4. The first-order chi connectivity index (χ1) is 6.98. The summed E-state index contributed by atoms with van der Waals surface area (Å²) in [7, 11) is -4.32. The van der Waals surface area contributed by atoms with Crippen LogP contribution in [-0.4, -0.2) is 21.4 Å².